The Kier molecular flexibility index (Phi) is 4.78. The van der Waals surface area contributed by atoms with Crippen molar-refractivity contribution in [3.8, 4) is 0 Å². The molecule has 2 aromatic rings. The lowest BCUT2D eigenvalue weighted by atomic mass is 9.94. The minimum Gasteiger partial charge on any atom is -0.444 e. The van der Waals surface area contributed by atoms with E-state index in [9.17, 15) is 4.79 Å². The second kappa shape index (κ2) is 6.85. The zero-order valence-corrected chi connectivity index (χ0v) is 15.1. The Morgan fingerprint density at radius 3 is 2.76 bits per heavy atom. The van der Waals surface area contributed by atoms with Gasteiger partial charge in [0.15, 0.2) is 11.1 Å². The van der Waals surface area contributed by atoms with Gasteiger partial charge in [0, 0.05) is 19.6 Å². The molecule has 8 nitrogen and oxygen atoms in total. The van der Waals surface area contributed by atoms with E-state index in [4.69, 9.17) is 10.1 Å². The first-order chi connectivity index (χ1) is 11.8. The summed E-state index contributed by atoms with van der Waals surface area (Å²) in [4.78, 5) is 25.3. The van der Waals surface area contributed by atoms with Crippen molar-refractivity contribution in [1.82, 2.24) is 24.4 Å². The van der Waals surface area contributed by atoms with E-state index < -0.39 is 5.60 Å². The molecular weight excluding hydrogens is 320 g/mol. The number of hydrogen-bond donors (Lipinski definition) is 2. The van der Waals surface area contributed by atoms with Crippen LogP contribution in [0.25, 0.3) is 11.2 Å². The van der Waals surface area contributed by atoms with Crippen LogP contribution in [0.1, 0.15) is 40.0 Å². The quantitative estimate of drug-likeness (QED) is 0.890. The highest BCUT2D eigenvalue weighted by Crippen LogP contribution is 2.23. The number of H-pyrrole nitrogens is 1. The number of hydrogen-bond acceptors (Lipinski definition) is 5. The van der Waals surface area contributed by atoms with Gasteiger partial charge in [0.05, 0.1) is 12.7 Å². The number of rotatable bonds is 3. The minimum atomic E-state index is -0.448. The average Bonchev–Trinajstić information content (AvgIpc) is 3.04. The van der Waals surface area contributed by atoms with Crippen LogP contribution in [0.4, 0.5) is 4.79 Å². The normalized spacial score (nSPS) is 16.4. The topological polar surface area (TPSA) is 99.9 Å². The maximum Gasteiger partial charge on any atom is 0.410 e. The molecule has 3 rings (SSSR count). The zero-order valence-electron chi connectivity index (χ0n) is 15.1. The number of carbonyl (C=O) groups excluding carboxylic acids is 1. The lowest BCUT2D eigenvalue weighted by molar-refractivity contribution is 0.0180. The molecule has 2 N–H and O–H groups in total. The Hall–Kier alpha value is -2.38. The second-order valence-electron chi connectivity index (χ2n) is 7.59. The molecule has 0 atom stereocenters. The van der Waals surface area contributed by atoms with E-state index in [-0.39, 0.29) is 11.6 Å². The fourth-order valence-corrected chi connectivity index (χ4v) is 3.14. The van der Waals surface area contributed by atoms with Crippen molar-refractivity contribution in [3.63, 3.8) is 0 Å². The third-order valence-electron chi connectivity index (χ3n) is 4.50. The number of piperidine rings is 1. The van der Waals surface area contributed by atoms with Gasteiger partial charge in [-0.1, -0.05) is 0 Å². The number of likely N-dealkylation sites (tertiary alicyclic amines) is 1. The van der Waals surface area contributed by atoms with E-state index in [0.29, 0.717) is 11.4 Å². The summed E-state index contributed by atoms with van der Waals surface area (Å²) in [6.07, 6.45) is 6.03. The Morgan fingerprint density at radius 2 is 2.08 bits per heavy atom. The molecule has 136 valence electrons. The molecule has 0 aromatic carbocycles. The van der Waals surface area contributed by atoms with E-state index >= 15 is 0 Å². The fraction of sp³-hybridized carbons (Fsp3) is 0.647. The third-order valence-corrected chi connectivity index (χ3v) is 4.50. The van der Waals surface area contributed by atoms with Gasteiger partial charge in [-0.15, -0.1) is 0 Å². The average molecular weight is 346 g/mol. The summed E-state index contributed by atoms with van der Waals surface area (Å²) in [7, 11) is 0. The SMILES string of the molecule is CC(C)(C)OC(=O)N1CCC(CCn2cnc(=N)c3[nH]cnc32)CC1. The maximum absolute atomic E-state index is 12.1. The fourth-order valence-electron chi connectivity index (χ4n) is 3.14. The van der Waals surface area contributed by atoms with E-state index in [1.165, 1.54) is 0 Å². The first kappa shape index (κ1) is 17.4. The molecule has 3 heterocycles. The molecule has 1 aliphatic heterocycles. The molecule has 0 unspecified atom stereocenters. The molecule has 1 amide bonds. The van der Waals surface area contributed by atoms with Crippen LogP contribution in [0.5, 0.6) is 0 Å². The van der Waals surface area contributed by atoms with Gasteiger partial charge in [-0.2, -0.15) is 0 Å². The van der Waals surface area contributed by atoms with Crippen LogP contribution in [0, 0.1) is 11.3 Å². The van der Waals surface area contributed by atoms with Crippen molar-refractivity contribution < 1.29 is 9.53 Å². The van der Waals surface area contributed by atoms with Gasteiger partial charge in [-0.05, 0) is 46.0 Å². The third kappa shape index (κ3) is 4.18. The van der Waals surface area contributed by atoms with E-state index in [1.807, 2.05) is 25.3 Å². The molecule has 8 heteroatoms. The van der Waals surface area contributed by atoms with Crippen LogP contribution in [0.3, 0.4) is 0 Å². The standard InChI is InChI=1S/C17H26N6O2/c1-17(2,3)25-16(24)22-7-4-12(5-8-22)6-9-23-11-21-14(18)13-15(23)20-10-19-13/h10-12,18H,4-9H2,1-3H3,(H,19,20). The summed E-state index contributed by atoms with van der Waals surface area (Å²) < 4.78 is 7.43. The number of nitrogens with one attached hydrogen (secondary N) is 2. The highest BCUT2D eigenvalue weighted by atomic mass is 16.6. The molecule has 2 aromatic heterocycles. The summed E-state index contributed by atoms with van der Waals surface area (Å²) in [5, 5.41) is 7.78. The zero-order chi connectivity index (χ0) is 18.0. The number of fused-ring (bicyclic) bond motifs is 1. The Labute approximate surface area is 146 Å². The van der Waals surface area contributed by atoms with Crippen LogP contribution in [-0.2, 0) is 11.3 Å². The summed E-state index contributed by atoms with van der Waals surface area (Å²) in [6.45, 7) is 7.96. The lowest BCUT2D eigenvalue weighted by Crippen LogP contribution is -2.41. The molecule has 0 radical (unpaired) electrons. The number of aromatic amines is 1. The van der Waals surface area contributed by atoms with Gasteiger partial charge in [-0.25, -0.2) is 14.8 Å². The lowest BCUT2D eigenvalue weighted by Gasteiger charge is -2.33. The smallest absolute Gasteiger partial charge is 0.410 e. The van der Waals surface area contributed by atoms with Gasteiger partial charge in [0.25, 0.3) is 0 Å². The van der Waals surface area contributed by atoms with Crippen molar-refractivity contribution in [3.05, 3.63) is 18.1 Å². The van der Waals surface area contributed by atoms with Gasteiger partial charge in [0.1, 0.15) is 11.1 Å². The summed E-state index contributed by atoms with van der Waals surface area (Å²) in [5.41, 5.74) is 1.21. The highest BCUT2D eigenvalue weighted by Gasteiger charge is 2.26. The van der Waals surface area contributed by atoms with Gasteiger partial charge in [-0.3, -0.25) is 5.41 Å². The molecule has 1 saturated heterocycles. The largest absolute Gasteiger partial charge is 0.444 e. The number of aromatic nitrogens is 4. The monoisotopic (exact) mass is 346 g/mol. The van der Waals surface area contributed by atoms with Crippen LogP contribution < -0.4 is 5.49 Å². The number of ether oxygens (including phenoxy) is 1. The molecule has 25 heavy (non-hydrogen) atoms. The predicted molar refractivity (Wildman–Crippen MR) is 92.9 cm³/mol. The van der Waals surface area contributed by atoms with E-state index in [0.717, 1.165) is 44.5 Å². The Morgan fingerprint density at radius 1 is 1.36 bits per heavy atom. The van der Waals surface area contributed by atoms with Crippen LogP contribution in [0.15, 0.2) is 12.7 Å². The van der Waals surface area contributed by atoms with Crippen molar-refractivity contribution in [2.24, 2.45) is 5.92 Å². The molecule has 1 aliphatic rings. The van der Waals surface area contributed by atoms with Crippen molar-refractivity contribution in [2.75, 3.05) is 13.1 Å². The maximum atomic E-state index is 12.1. The van der Waals surface area contributed by atoms with Crippen LogP contribution in [0.2, 0.25) is 0 Å². The highest BCUT2D eigenvalue weighted by molar-refractivity contribution is 5.68. The first-order valence-corrected chi connectivity index (χ1v) is 8.74. The molecule has 0 aliphatic carbocycles. The van der Waals surface area contributed by atoms with E-state index in [1.54, 1.807) is 17.6 Å². The Bertz CT molecular complexity index is 795. The summed E-state index contributed by atoms with van der Waals surface area (Å²) in [6, 6.07) is 0. The molecule has 0 spiro atoms. The van der Waals surface area contributed by atoms with Crippen molar-refractivity contribution in [2.45, 2.75) is 52.2 Å². The first-order valence-electron chi connectivity index (χ1n) is 8.74. The predicted octanol–water partition coefficient (Wildman–Crippen LogP) is 2.28. The summed E-state index contributed by atoms with van der Waals surface area (Å²) >= 11 is 0. The van der Waals surface area contributed by atoms with E-state index in [2.05, 4.69) is 15.0 Å². The summed E-state index contributed by atoms with van der Waals surface area (Å²) in [5.74, 6) is 0.566. The Balaban J connectivity index is 1.53. The minimum absolute atomic E-state index is 0.214. The molecule has 1 fully saturated rings. The van der Waals surface area contributed by atoms with Gasteiger partial charge < -0.3 is 19.2 Å². The number of nitrogens with zero attached hydrogens (tertiary/aromatic N) is 4. The number of amides is 1. The molecule has 0 saturated carbocycles. The molecular formula is C17H26N6O2. The molecule has 0 bridgehead atoms. The van der Waals surface area contributed by atoms with Gasteiger partial charge in [0.2, 0.25) is 0 Å². The second-order valence-corrected chi connectivity index (χ2v) is 7.59. The van der Waals surface area contributed by atoms with Crippen molar-refractivity contribution >= 4 is 17.3 Å². The number of carbonyl (C=O) groups is 1. The van der Waals surface area contributed by atoms with Crippen molar-refractivity contribution in [1.29, 1.82) is 5.41 Å². The van der Waals surface area contributed by atoms with Gasteiger partial charge >= 0.3 is 6.09 Å². The number of aryl methyl sites for hydroxylation is 1. The number of imidazole rings is 1. The van der Waals surface area contributed by atoms with Crippen LogP contribution in [-0.4, -0.2) is 49.2 Å². The van der Waals surface area contributed by atoms with Crippen LogP contribution >= 0.6 is 0 Å².